The second kappa shape index (κ2) is 7.60. The van der Waals surface area contributed by atoms with Crippen molar-refractivity contribution in [1.82, 2.24) is 0 Å². The van der Waals surface area contributed by atoms with Crippen LogP contribution < -0.4 is 10.2 Å². The molecule has 0 saturated heterocycles. The number of hydrogen-bond donors (Lipinski definition) is 2. The summed E-state index contributed by atoms with van der Waals surface area (Å²) in [6, 6.07) is 16.5. The molecule has 1 atom stereocenters. The highest BCUT2D eigenvalue weighted by Gasteiger charge is 2.11. The van der Waals surface area contributed by atoms with E-state index in [1.807, 2.05) is 19.2 Å². The molecule has 2 aromatic carbocycles. The molecule has 0 heterocycles. The topological polar surface area (TPSA) is 57.3 Å². The van der Waals surface area contributed by atoms with Crippen LogP contribution in [0, 0.1) is 11.3 Å². The van der Waals surface area contributed by atoms with Crippen molar-refractivity contribution in [3.63, 3.8) is 0 Å². The third-order valence-electron chi connectivity index (χ3n) is 3.18. The molecule has 22 heavy (non-hydrogen) atoms. The van der Waals surface area contributed by atoms with E-state index in [2.05, 4.69) is 11.4 Å². The van der Waals surface area contributed by atoms with Gasteiger partial charge in [-0.2, -0.15) is 5.26 Å². The molecule has 0 bridgehead atoms. The van der Waals surface area contributed by atoms with Gasteiger partial charge in [-0.25, -0.2) is 0 Å². The molecule has 1 amide bonds. The normalized spacial score (nSPS) is 11.5. The molecule has 0 aliphatic carbocycles. The molecule has 0 aliphatic heterocycles. The van der Waals surface area contributed by atoms with Crippen molar-refractivity contribution in [2.75, 3.05) is 18.9 Å². The number of benzene rings is 2. The number of halogens is 1. The number of nitrogens with one attached hydrogen (secondary N) is 2. The molecule has 0 spiro atoms. The maximum atomic E-state index is 12.0. The van der Waals surface area contributed by atoms with Gasteiger partial charge in [0.25, 0.3) is 5.91 Å². The second-order valence-electron chi connectivity index (χ2n) is 5.17. The number of quaternary nitrogens is 1. The zero-order chi connectivity index (χ0) is 15.9. The first-order valence-corrected chi connectivity index (χ1v) is 7.30. The average Bonchev–Trinajstić information content (AvgIpc) is 2.50. The van der Waals surface area contributed by atoms with Crippen molar-refractivity contribution in [3.8, 4) is 6.07 Å². The van der Waals surface area contributed by atoms with Crippen LogP contribution in [0.2, 0.25) is 5.02 Å². The molecule has 2 N–H and O–H groups in total. The quantitative estimate of drug-likeness (QED) is 0.885. The second-order valence-corrected chi connectivity index (χ2v) is 5.61. The molecule has 5 heteroatoms. The summed E-state index contributed by atoms with van der Waals surface area (Å²) in [5.74, 6) is -0.0477. The molecule has 0 aromatic heterocycles. The Labute approximate surface area is 134 Å². The van der Waals surface area contributed by atoms with E-state index in [-0.39, 0.29) is 5.91 Å². The lowest BCUT2D eigenvalue weighted by molar-refractivity contribution is -0.885. The van der Waals surface area contributed by atoms with Crippen LogP contribution >= 0.6 is 11.6 Å². The highest BCUT2D eigenvalue weighted by molar-refractivity contribution is 6.30. The van der Waals surface area contributed by atoms with Crippen molar-refractivity contribution in [2.45, 2.75) is 6.54 Å². The first-order chi connectivity index (χ1) is 10.6. The molecule has 2 aromatic rings. The van der Waals surface area contributed by atoms with Crippen LogP contribution in [0.15, 0.2) is 48.5 Å². The highest BCUT2D eigenvalue weighted by Crippen LogP contribution is 2.12. The number of nitrogens with zero attached hydrogens (tertiary/aromatic N) is 1. The minimum Gasteiger partial charge on any atom is -0.326 e. The summed E-state index contributed by atoms with van der Waals surface area (Å²) in [6.07, 6.45) is 0. The van der Waals surface area contributed by atoms with Gasteiger partial charge in [0.15, 0.2) is 6.54 Å². The Hall–Kier alpha value is -2.35. The van der Waals surface area contributed by atoms with Gasteiger partial charge in [0.1, 0.15) is 6.54 Å². The Balaban J connectivity index is 1.85. The molecule has 0 aliphatic rings. The zero-order valence-electron chi connectivity index (χ0n) is 12.3. The van der Waals surface area contributed by atoms with Crippen LogP contribution in [0.25, 0.3) is 0 Å². The van der Waals surface area contributed by atoms with E-state index in [1.54, 1.807) is 36.4 Å². The summed E-state index contributed by atoms with van der Waals surface area (Å²) in [7, 11) is 1.96. The van der Waals surface area contributed by atoms with E-state index in [4.69, 9.17) is 16.9 Å². The SMILES string of the molecule is C[NH+](CC(=O)Nc1ccc(Cl)cc1)Cc1ccc(C#N)cc1. The first kappa shape index (κ1) is 16.0. The predicted molar refractivity (Wildman–Crippen MR) is 86.7 cm³/mol. The number of likely N-dealkylation sites (N-methyl/N-ethyl adjacent to an activating group) is 1. The van der Waals surface area contributed by atoms with Crippen molar-refractivity contribution in [3.05, 3.63) is 64.7 Å². The summed E-state index contributed by atoms with van der Waals surface area (Å²) in [5.41, 5.74) is 2.47. The summed E-state index contributed by atoms with van der Waals surface area (Å²) in [6.45, 7) is 1.09. The number of carbonyl (C=O) groups is 1. The third-order valence-corrected chi connectivity index (χ3v) is 3.43. The standard InChI is InChI=1S/C17H16ClN3O/c1-21(11-14-4-2-13(10-19)3-5-14)12-17(22)20-16-8-6-15(18)7-9-16/h2-9H,11-12H2,1H3,(H,20,22)/p+1. The largest absolute Gasteiger partial charge is 0.326 e. The van der Waals surface area contributed by atoms with Gasteiger partial charge < -0.3 is 10.2 Å². The number of anilines is 1. The van der Waals surface area contributed by atoms with E-state index in [0.29, 0.717) is 17.1 Å². The molecule has 0 saturated carbocycles. The lowest BCUT2D eigenvalue weighted by atomic mass is 10.1. The van der Waals surface area contributed by atoms with Crippen LogP contribution in [0.3, 0.4) is 0 Å². The molecule has 0 radical (unpaired) electrons. The van der Waals surface area contributed by atoms with Gasteiger partial charge in [-0.1, -0.05) is 23.7 Å². The molecule has 2 rings (SSSR count). The monoisotopic (exact) mass is 314 g/mol. The van der Waals surface area contributed by atoms with Gasteiger partial charge >= 0.3 is 0 Å². The number of nitriles is 1. The molecular formula is C17H17ClN3O+. The van der Waals surface area contributed by atoms with Crippen molar-refractivity contribution in [2.24, 2.45) is 0 Å². The van der Waals surface area contributed by atoms with Crippen molar-refractivity contribution >= 4 is 23.2 Å². The van der Waals surface area contributed by atoms with Crippen LogP contribution in [0.4, 0.5) is 5.69 Å². The fourth-order valence-corrected chi connectivity index (χ4v) is 2.25. The first-order valence-electron chi connectivity index (χ1n) is 6.92. The van der Waals surface area contributed by atoms with Crippen molar-refractivity contribution in [1.29, 1.82) is 5.26 Å². The molecule has 0 fully saturated rings. The third kappa shape index (κ3) is 4.88. The summed E-state index contributed by atoms with van der Waals surface area (Å²) in [5, 5.41) is 12.3. The van der Waals surface area contributed by atoms with Crippen LogP contribution in [-0.4, -0.2) is 19.5 Å². The van der Waals surface area contributed by atoms with Gasteiger partial charge in [-0.05, 0) is 36.4 Å². The summed E-state index contributed by atoms with van der Waals surface area (Å²) < 4.78 is 0. The molecule has 112 valence electrons. The predicted octanol–water partition coefficient (Wildman–Crippen LogP) is 1.87. The maximum absolute atomic E-state index is 12.0. The van der Waals surface area contributed by atoms with Gasteiger partial charge in [0.2, 0.25) is 0 Å². The number of rotatable bonds is 5. The summed E-state index contributed by atoms with van der Waals surface area (Å²) in [4.78, 5) is 13.1. The minimum atomic E-state index is -0.0477. The minimum absolute atomic E-state index is 0.0477. The Morgan fingerprint density at radius 1 is 1.18 bits per heavy atom. The van der Waals surface area contributed by atoms with Crippen molar-refractivity contribution < 1.29 is 9.69 Å². The van der Waals surface area contributed by atoms with Gasteiger partial charge in [0, 0.05) is 16.3 Å². The Kier molecular flexibility index (Phi) is 5.54. The Bertz CT molecular complexity index is 675. The van der Waals surface area contributed by atoms with Crippen LogP contribution in [0.1, 0.15) is 11.1 Å². The van der Waals surface area contributed by atoms with E-state index in [1.165, 1.54) is 0 Å². The molecule has 4 nitrogen and oxygen atoms in total. The van der Waals surface area contributed by atoms with E-state index < -0.39 is 0 Å². The van der Waals surface area contributed by atoms with Gasteiger partial charge in [-0.15, -0.1) is 0 Å². The smallest absolute Gasteiger partial charge is 0.279 e. The lowest BCUT2D eigenvalue weighted by Gasteiger charge is -2.14. The van der Waals surface area contributed by atoms with Gasteiger partial charge in [0.05, 0.1) is 18.7 Å². The maximum Gasteiger partial charge on any atom is 0.279 e. The molecular weight excluding hydrogens is 298 g/mol. The van der Waals surface area contributed by atoms with Gasteiger partial charge in [-0.3, -0.25) is 4.79 Å². The van der Waals surface area contributed by atoms with Crippen LogP contribution in [0.5, 0.6) is 0 Å². The summed E-state index contributed by atoms with van der Waals surface area (Å²) >= 11 is 5.81. The average molecular weight is 315 g/mol. The van der Waals surface area contributed by atoms with E-state index in [9.17, 15) is 4.79 Å². The Morgan fingerprint density at radius 2 is 1.82 bits per heavy atom. The van der Waals surface area contributed by atoms with E-state index >= 15 is 0 Å². The number of hydrogen-bond acceptors (Lipinski definition) is 2. The number of amides is 1. The van der Waals surface area contributed by atoms with E-state index in [0.717, 1.165) is 22.7 Å². The zero-order valence-corrected chi connectivity index (χ0v) is 13.0. The fourth-order valence-electron chi connectivity index (χ4n) is 2.12. The fraction of sp³-hybridized carbons (Fsp3) is 0.176. The molecule has 1 unspecified atom stereocenters. The van der Waals surface area contributed by atoms with Crippen LogP contribution in [-0.2, 0) is 11.3 Å². The lowest BCUT2D eigenvalue weighted by Crippen LogP contribution is -3.08. The number of carbonyl (C=O) groups excluding carboxylic acids is 1. The highest BCUT2D eigenvalue weighted by atomic mass is 35.5. The Morgan fingerprint density at radius 3 is 2.41 bits per heavy atom.